The van der Waals surface area contributed by atoms with Crippen LogP contribution in [0.25, 0.3) is 0 Å². The molecule has 0 unspecified atom stereocenters. The fraction of sp³-hybridized carbons (Fsp3) is 0.600. The number of rotatable bonds is 9. The summed E-state index contributed by atoms with van der Waals surface area (Å²) in [6, 6.07) is 12.5. The summed E-state index contributed by atoms with van der Waals surface area (Å²) in [5, 5.41) is 0.921. The molecule has 1 fully saturated rings. The Balaban J connectivity index is 1.68. The largest absolute Gasteiger partial charge is 0.460 e. The zero-order valence-corrected chi connectivity index (χ0v) is 32.6. The summed E-state index contributed by atoms with van der Waals surface area (Å²) in [7, 11) is 1.69. The molecule has 9 heteroatoms. The van der Waals surface area contributed by atoms with E-state index in [1.165, 1.54) is 0 Å². The Hall–Kier alpha value is -2.90. The van der Waals surface area contributed by atoms with Crippen LogP contribution in [-0.2, 0) is 14.3 Å². The van der Waals surface area contributed by atoms with E-state index in [0.717, 1.165) is 44.1 Å². The highest BCUT2D eigenvalue weighted by molar-refractivity contribution is 6.47. The molecule has 2 aliphatic rings. The second-order valence-corrected chi connectivity index (χ2v) is 18.1. The number of benzene rings is 2. The van der Waals surface area contributed by atoms with Gasteiger partial charge in [-0.15, -0.1) is 0 Å². The maximum atomic E-state index is 14.7. The van der Waals surface area contributed by atoms with Crippen LogP contribution in [0.4, 0.5) is 0 Å². The number of esters is 1. The van der Waals surface area contributed by atoms with Crippen molar-refractivity contribution in [3.8, 4) is 0 Å². The van der Waals surface area contributed by atoms with Gasteiger partial charge in [-0.1, -0.05) is 76.9 Å². The van der Waals surface area contributed by atoms with Gasteiger partial charge in [0, 0.05) is 34.8 Å². The SMILES string of the molecule is CN(CCC(=O)OC(C)(C)C)C(=O)c1ccc([C@@H](CCC(C)(C)C)N2C(=O)C(c3cc(Cl)cc(Cl)c3)=NC23CCC(C(C)(C)C)CC3)cc1. The van der Waals surface area contributed by atoms with E-state index in [0.29, 0.717) is 32.8 Å². The molecule has 1 aliphatic heterocycles. The first-order valence-corrected chi connectivity index (χ1v) is 18.3. The minimum atomic E-state index is -0.693. The van der Waals surface area contributed by atoms with E-state index >= 15 is 0 Å². The molecule has 2 aromatic rings. The zero-order valence-electron chi connectivity index (χ0n) is 31.1. The van der Waals surface area contributed by atoms with Crippen LogP contribution in [0, 0.1) is 16.7 Å². The molecule has 7 nitrogen and oxygen atoms in total. The lowest BCUT2D eigenvalue weighted by atomic mass is 9.69. The van der Waals surface area contributed by atoms with Crippen LogP contribution in [0.2, 0.25) is 10.0 Å². The summed E-state index contributed by atoms with van der Waals surface area (Å²) >= 11 is 12.8. The number of carbonyl (C=O) groups is 3. The van der Waals surface area contributed by atoms with Gasteiger partial charge >= 0.3 is 5.97 Å². The topological polar surface area (TPSA) is 79.3 Å². The molecule has 2 aromatic carbocycles. The van der Waals surface area contributed by atoms with Gasteiger partial charge < -0.3 is 14.5 Å². The molecule has 0 saturated heterocycles. The van der Waals surface area contributed by atoms with E-state index in [1.54, 1.807) is 30.1 Å². The molecule has 1 saturated carbocycles. The van der Waals surface area contributed by atoms with Gasteiger partial charge in [-0.25, -0.2) is 0 Å². The number of carbonyl (C=O) groups excluding carboxylic acids is 3. The van der Waals surface area contributed by atoms with E-state index in [4.69, 9.17) is 32.9 Å². The molecule has 0 aromatic heterocycles. The van der Waals surface area contributed by atoms with Gasteiger partial charge in [-0.3, -0.25) is 19.4 Å². The number of halogens is 2. The Morgan fingerprint density at radius 2 is 1.53 bits per heavy atom. The van der Waals surface area contributed by atoms with Crippen molar-refractivity contribution in [2.75, 3.05) is 13.6 Å². The summed E-state index contributed by atoms with van der Waals surface area (Å²) in [5.41, 5.74) is 1.44. The Labute approximate surface area is 303 Å². The lowest BCUT2D eigenvalue weighted by Gasteiger charge is -2.47. The van der Waals surface area contributed by atoms with E-state index < -0.39 is 11.3 Å². The third-order valence-corrected chi connectivity index (χ3v) is 10.2. The fourth-order valence-electron chi connectivity index (χ4n) is 7.06. The molecule has 1 spiro atoms. The molecule has 0 N–H and O–H groups in total. The second kappa shape index (κ2) is 14.8. The average molecular weight is 713 g/mol. The maximum absolute atomic E-state index is 14.7. The quantitative estimate of drug-likeness (QED) is 0.243. The number of hydrogen-bond donors (Lipinski definition) is 0. The van der Waals surface area contributed by atoms with Gasteiger partial charge in [0.2, 0.25) is 0 Å². The van der Waals surface area contributed by atoms with Crippen molar-refractivity contribution in [1.82, 2.24) is 9.80 Å². The highest BCUT2D eigenvalue weighted by Crippen LogP contribution is 2.50. The molecule has 1 atom stereocenters. The lowest BCUT2D eigenvalue weighted by molar-refractivity contribution is -0.155. The molecule has 0 radical (unpaired) electrons. The van der Waals surface area contributed by atoms with E-state index in [-0.39, 0.29) is 47.6 Å². The summed E-state index contributed by atoms with van der Waals surface area (Å²) in [4.78, 5) is 49.2. The van der Waals surface area contributed by atoms with Crippen LogP contribution in [0.15, 0.2) is 47.5 Å². The maximum Gasteiger partial charge on any atom is 0.308 e. The first kappa shape index (κ1) is 38.9. The third-order valence-electron chi connectivity index (χ3n) is 9.78. The normalized spacial score (nSPS) is 20.7. The molecule has 4 rings (SSSR count). The van der Waals surface area contributed by atoms with Crippen molar-refractivity contribution in [1.29, 1.82) is 0 Å². The summed E-state index contributed by atoms with van der Waals surface area (Å²) < 4.78 is 5.41. The predicted octanol–water partition coefficient (Wildman–Crippen LogP) is 9.93. The highest BCUT2D eigenvalue weighted by atomic mass is 35.5. The Kier molecular flexibility index (Phi) is 11.7. The minimum absolute atomic E-state index is 0.0367. The van der Waals surface area contributed by atoms with Gasteiger partial charge in [0.1, 0.15) is 17.0 Å². The molecule has 49 heavy (non-hydrogen) atoms. The number of hydrogen-bond acceptors (Lipinski definition) is 5. The molecule has 268 valence electrons. The number of amides is 2. The number of nitrogens with zero attached hydrogens (tertiary/aromatic N) is 3. The second-order valence-electron chi connectivity index (χ2n) is 17.2. The minimum Gasteiger partial charge on any atom is -0.460 e. The van der Waals surface area contributed by atoms with Crippen LogP contribution in [0.3, 0.4) is 0 Å². The first-order valence-electron chi connectivity index (χ1n) is 17.6. The van der Waals surface area contributed by atoms with Gasteiger partial charge in [0.15, 0.2) is 0 Å². The van der Waals surface area contributed by atoms with Crippen molar-refractivity contribution in [2.24, 2.45) is 21.7 Å². The van der Waals surface area contributed by atoms with Crippen molar-refractivity contribution < 1.29 is 19.1 Å². The predicted molar refractivity (Wildman–Crippen MR) is 199 cm³/mol. The first-order chi connectivity index (χ1) is 22.6. The molecule has 1 heterocycles. The Bertz CT molecular complexity index is 1540. The van der Waals surface area contributed by atoms with Gasteiger partial charge in [0.05, 0.1) is 12.5 Å². The van der Waals surface area contributed by atoms with Crippen LogP contribution in [-0.4, -0.2) is 58.2 Å². The Morgan fingerprint density at radius 1 is 0.959 bits per heavy atom. The van der Waals surface area contributed by atoms with Crippen molar-refractivity contribution in [2.45, 2.75) is 125 Å². The Morgan fingerprint density at radius 3 is 2.04 bits per heavy atom. The highest BCUT2D eigenvalue weighted by Gasteiger charge is 2.52. The molecule has 2 amide bonds. The molecule has 0 bridgehead atoms. The summed E-state index contributed by atoms with van der Waals surface area (Å²) in [6.45, 7) is 19.2. The van der Waals surface area contributed by atoms with Crippen LogP contribution in [0.5, 0.6) is 0 Å². The summed E-state index contributed by atoms with van der Waals surface area (Å²) in [6.07, 6.45) is 5.20. The van der Waals surface area contributed by atoms with Crippen LogP contribution in [0.1, 0.15) is 135 Å². The van der Waals surface area contributed by atoms with Crippen molar-refractivity contribution in [3.05, 3.63) is 69.2 Å². The van der Waals surface area contributed by atoms with Crippen LogP contribution < -0.4 is 0 Å². The number of aliphatic imine (C=N–C) groups is 1. The third kappa shape index (κ3) is 9.88. The average Bonchev–Trinajstić information content (AvgIpc) is 3.25. The monoisotopic (exact) mass is 711 g/mol. The number of ether oxygens (including phenoxy) is 1. The zero-order chi connectivity index (χ0) is 36.5. The molecular weight excluding hydrogens is 657 g/mol. The standard InChI is InChI=1S/C40H55Cl2N3O4/c1-37(2,3)19-17-32(26-11-13-27(14-12-26)35(47)44(10)22-18-33(46)49-39(7,8)9)45-36(48)34(28-23-30(41)25-31(42)24-28)43-40(45)20-15-29(16-21-40)38(4,5)6/h11-14,23-25,29,32H,15-22H2,1-10H3/t29?,32-,40?/m1/s1. The van der Waals surface area contributed by atoms with E-state index in [9.17, 15) is 14.4 Å². The van der Waals surface area contributed by atoms with E-state index in [1.807, 2.05) is 49.9 Å². The van der Waals surface area contributed by atoms with Crippen molar-refractivity contribution in [3.63, 3.8) is 0 Å². The van der Waals surface area contributed by atoms with E-state index in [2.05, 4.69) is 41.5 Å². The smallest absolute Gasteiger partial charge is 0.308 e. The van der Waals surface area contributed by atoms with Gasteiger partial charge in [-0.05, 0) is 112 Å². The fourth-order valence-corrected chi connectivity index (χ4v) is 7.58. The molecular formula is C40H55Cl2N3O4. The lowest BCUT2D eigenvalue weighted by Crippen LogP contribution is -2.51. The van der Waals surface area contributed by atoms with Gasteiger partial charge in [0.25, 0.3) is 11.8 Å². The van der Waals surface area contributed by atoms with Gasteiger partial charge in [-0.2, -0.15) is 0 Å². The van der Waals surface area contributed by atoms with Crippen LogP contribution >= 0.6 is 23.2 Å². The molecule has 1 aliphatic carbocycles. The van der Waals surface area contributed by atoms with Crippen molar-refractivity contribution >= 4 is 46.7 Å². The summed E-state index contributed by atoms with van der Waals surface area (Å²) in [5.74, 6) is -0.111.